The Morgan fingerprint density at radius 3 is 2.50 bits per heavy atom. The van der Waals surface area contributed by atoms with E-state index in [0.717, 1.165) is 0 Å². The molecule has 1 rings (SSSR count). The van der Waals surface area contributed by atoms with Crippen LogP contribution < -0.4 is 0 Å². The van der Waals surface area contributed by atoms with Crippen LogP contribution in [-0.2, 0) is 0 Å². The van der Waals surface area contributed by atoms with Gasteiger partial charge in [0, 0.05) is 0 Å². The van der Waals surface area contributed by atoms with Gasteiger partial charge >= 0.3 is 6.18 Å². The first-order chi connectivity index (χ1) is 5.50. The van der Waals surface area contributed by atoms with Crippen LogP contribution in [0.5, 0.6) is 0 Å². The summed E-state index contributed by atoms with van der Waals surface area (Å²) in [6.07, 6.45) is -4.40. The summed E-state index contributed by atoms with van der Waals surface area (Å²) in [6, 6.07) is 1.41. The summed E-state index contributed by atoms with van der Waals surface area (Å²) < 4.78 is 47.0. The molecule has 0 saturated carbocycles. The van der Waals surface area contributed by atoms with E-state index in [2.05, 4.69) is 0 Å². The average molecular weight is 196 g/mol. The molecule has 0 N–H and O–H groups in total. The van der Waals surface area contributed by atoms with Crippen molar-refractivity contribution in [3.05, 3.63) is 28.2 Å². The fourth-order valence-corrected chi connectivity index (χ4v) is 1.20. The third-order valence-electron chi connectivity index (χ3n) is 1.11. The van der Waals surface area contributed by atoms with Crippen LogP contribution in [-0.4, -0.2) is 6.18 Å². The third kappa shape index (κ3) is 2.34. The molecule has 0 atom stereocenters. The predicted molar refractivity (Wildman–Crippen MR) is 39.5 cm³/mol. The number of hydrogen-bond acceptors (Lipinski definition) is 1. The summed E-state index contributed by atoms with van der Waals surface area (Å²) in [7, 11) is 0. The molecule has 0 spiro atoms. The van der Waals surface area contributed by atoms with Crippen LogP contribution in [0.3, 0.4) is 0 Å². The molecule has 0 unspecified atom stereocenters. The highest BCUT2D eigenvalue weighted by atomic mass is 32.1. The Labute approximate surface area is 70.1 Å². The number of halogens is 4. The summed E-state index contributed by atoms with van der Waals surface area (Å²) in [4.78, 5) is 0. The lowest BCUT2D eigenvalue weighted by Crippen LogP contribution is -2.07. The largest absolute Gasteiger partial charge is 0.442 e. The van der Waals surface area contributed by atoms with E-state index in [1.54, 1.807) is 5.38 Å². The first kappa shape index (κ1) is 9.25. The maximum atomic E-state index is 12.2. The van der Waals surface area contributed by atoms with Crippen molar-refractivity contribution in [1.29, 1.82) is 0 Å². The second kappa shape index (κ2) is 3.26. The summed E-state index contributed by atoms with van der Waals surface area (Å²) in [6.45, 7) is 0. The first-order valence-electron chi connectivity index (χ1n) is 2.97. The van der Waals surface area contributed by atoms with Gasteiger partial charge in [0.25, 0.3) is 0 Å². The van der Waals surface area contributed by atoms with Gasteiger partial charge in [-0.2, -0.15) is 24.5 Å². The smallest absolute Gasteiger partial charge is 0.202 e. The van der Waals surface area contributed by atoms with Crippen LogP contribution in [0.25, 0.3) is 6.08 Å². The lowest BCUT2D eigenvalue weighted by molar-refractivity contribution is -0.107. The Balaban J connectivity index is 2.84. The summed E-state index contributed by atoms with van der Waals surface area (Å²) in [5.74, 6) is -2.07. The molecule has 0 amide bonds. The SMILES string of the molecule is F/C(=C/c1ccsc1)C(F)(F)F. The van der Waals surface area contributed by atoms with Crippen LogP contribution in [0.15, 0.2) is 22.7 Å². The second-order valence-electron chi connectivity index (χ2n) is 2.05. The summed E-state index contributed by atoms with van der Waals surface area (Å²) in [5, 5.41) is 3.01. The zero-order valence-electron chi connectivity index (χ0n) is 5.73. The highest BCUT2D eigenvalue weighted by Gasteiger charge is 2.34. The first-order valence-corrected chi connectivity index (χ1v) is 3.91. The zero-order chi connectivity index (χ0) is 9.19. The molecule has 0 nitrogen and oxygen atoms in total. The Kier molecular flexibility index (Phi) is 2.52. The Bertz CT molecular complexity index is 270. The van der Waals surface area contributed by atoms with E-state index < -0.39 is 12.0 Å². The van der Waals surface area contributed by atoms with E-state index in [0.29, 0.717) is 6.08 Å². The minimum absolute atomic E-state index is 0.231. The normalized spacial score (nSPS) is 13.5. The van der Waals surface area contributed by atoms with Gasteiger partial charge in [-0.05, 0) is 28.5 Å². The molecule has 12 heavy (non-hydrogen) atoms. The molecule has 0 aromatic carbocycles. The van der Waals surface area contributed by atoms with Crippen molar-refractivity contribution < 1.29 is 17.6 Å². The molecule has 0 fully saturated rings. The molecule has 5 heteroatoms. The van der Waals surface area contributed by atoms with Crippen LogP contribution in [0, 0.1) is 0 Å². The molecular formula is C7H4F4S. The molecule has 66 valence electrons. The van der Waals surface area contributed by atoms with E-state index in [-0.39, 0.29) is 5.56 Å². The molecule has 0 aliphatic carbocycles. The number of hydrogen-bond donors (Lipinski definition) is 0. The average Bonchev–Trinajstić information content (AvgIpc) is 2.37. The fourth-order valence-electron chi connectivity index (χ4n) is 0.585. The van der Waals surface area contributed by atoms with Gasteiger partial charge < -0.3 is 0 Å². The summed E-state index contributed by atoms with van der Waals surface area (Å²) in [5.41, 5.74) is 0.231. The maximum Gasteiger partial charge on any atom is 0.442 e. The van der Waals surface area contributed by atoms with Gasteiger partial charge in [0.2, 0.25) is 5.83 Å². The van der Waals surface area contributed by atoms with Gasteiger partial charge in [-0.15, -0.1) is 0 Å². The Hall–Kier alpha value is -0.840. The van der Waals surface area contributed by atoms with Crippen molar-refractivity contribution in [2.45, 2.75) is 6.18 Å². The highest BCUT2D eigenvalue weighted by Crippen LogP contribution is 2.28. The predicted octanol–water partition coefficient (Wildman–Crippen LogP) is 3.62. The quantitative estimate of drug-likeness (QED) is 0.602. The maximum absolute atomic E-state index is 12.2. The van der Waals surface area contributed by atoms with Crippen LogP contribution in [0.2, 0.25) is 0 Å². The van der Waals surface area contributed by atoms with E-state index >= 15 is 0 Å². The van der Waals surface area contributed by atoms with Crippen molar-refractivity contribution in [3.63, 3.8) is 0 Å². The van der Waals surface area contributed by atoms with E-state index in [1.807, 2.05) is 0 Å². The van der Waals surface area contributed by atoms with E-state index in [4.69, 9.17) is 0 Å². The van der Waals surface area contributed by atoms with Crippen LogP contribution >= 0.6 is 11.3 Å². The van der Waals surface area contributed by atoms with Crippen molar-refractivity contribution >= 4 is 17.4 Å². The molecule has 0 aliphatic heterocycles. The van der Waals surface area contributed by atoms with Crippen molar-refractivity contribution in [2.75, 3.05) is 0 Å². The number of rotatable bonds is 1. The van der Waals surface area contributed by atoms with Gasteiger partial charge in [-0.25, -0.2) is 4.39 Å². The van der Waals surface area contributed by atoms with E-state index in [9.17, 15) is 17.6 Å². The van der Waals surface area contributed by atoms with Gasteiger partial charge in [0.1, 0.15) is 0 Å². The monoisotopic (exact) mass is 196 g/mol. The van der Waals surface area contributed by atoms with Gasteiger partial charge in [0.05, 0.1) is 0 Å². The number of allylic oxidation sites excluding steroid dienone is 1. The zero-order valence-corrected chi connectivity index (χ0v) is 6.55. The van der Waals surface area contributed by atoms with Gasteiger partial charge in [0.15, 0.2) is 0 Å². The van der Waals surface area contributed by atoms with E-state index in [1.165, 1.54) is 22.8 Å². The molecular weight excluding hydrogens is 192 g/mol. The van der Waals surface area contributed by atoms with Crippen molar-refractivity contribution in [2.24, 2.45) is 0 Å². The van der Waals surface area contributed by atoms with Gasteiger partial charge in [-0.3, -0.25) is 0 Å². The van der Waals surface area contributed by atoms with Gasteiger partial charge in [-0.1, -0.05) is 0 Å². The summed E-state index contributed by atoms with van der Waals surface area (Å²) >= 11 is 1.21. The molecule has 0 aliphatic rings. The minimum atomic E-state index is -4.87. The lowest BCUT2D eigenvalue weighted by atomic mass is 10.3. The molecule has 1 heterocycles. The van der Waals surface area contributed by atoms with Crippen LogP contribution in [0.1, 0.15) is 5.56 Å². The van der Waals surface area contributed by atoms with Crippen molar-refractivity contribution in [3.8, 4) is 0 Å². The molecule has 0 bridgehead atoms. The second-order valence-corrected chi connectivity index (χ2v) is 2.83. The number of thiophene rings is 1. The standard InChI is InChI=1S/C7H4F4S/c8-6(7(9,10)11)3-5-1-2-12-4-5/h1-4H/b6-3+. The topological polar surface area (TPSA) is 0 Å². The third-order valence-corrected chi connectivity index (χ3v) is 1.81. The lowest BCUT2D eigenvalue weighted by Gasteiger charge is -2.00. The molecule has 1 aromatic heterocycles. The molecule has 0 saturated heterocycles. The van der Waals surface area contributed by atoms with Crippen molar-refractivity contribution in [1.82, 2.24) is 0 Å². The number of alkyl halides is 3. The highest BCUT2D eigenvalue weighted by molar-refractivity contribution is 7.08. The minimum Gasteiger partial charge on any atom is -0.202 e. The molecule has 1 aromatic rings. The Morgan fingerprint density at radius 2 is 2.08 bits per heavy atom. The molecule has 0 radical (unpaired) electrons. The Morgan fingerprint density at radius 1 is 1.42 bits per heavy atom. The van der Waals surface area contributed by atoms with Crippen LogP contribution in [0.4, 0.5) is 17.6 Å². The fraction of sp³-hybridized carbons (Fsp3) is 0.143.